The van der Waals surface area contributed by atoms with Gasteiger partial charge in [0.1, 0.15) is 5.75 Å². The van der Waals surface area contributed by atoms with Gasteiger partial charge in [0.15, 0.2) is 0 Å². The Hall–Kier alpha value is -1.89. The highest BCUT2D eigenvalue weighted by Crippen LogP contribution is 2.24. The lowest BCUT2D eigenvalue weighted by atomic mass is 10.1. The van der Waals surface area contributed by atoms with Crippen LogP contribution in [0.5, 0.6) is 5.75 Å². The molecule has 0 radical (unpaired) electrons. The molecule has 3 rings (SSSR count). The van der Waals surface area contributed by atoms with Crippen molar-refractivity contribution in [2.75, 3.05) is 32.8 Å². The zero-order valence-electron chi connectivity index (χ0n) is 17.5. The van der Waals surface area contributed by atoms with Gasteiger partial charge in [-0.3, -0.25) is 14.5 Å². The van der Waals surface area contributed by atoms with Crippen LogP contribution in [0.4, 0.5) is 0 Å². The Labute approximate surface area is 168 Å². The van der Waals surface area contributed by atoms with Gasteiger partial charge in [0, 0.05) is 69.2 Å². The van der Waals surface area contributed by atoms with E-state index < -0.39 is 0 Å². The van der Waals surface area contributed by atoms with Gasteiger partial charge >= 0.3 is 0 Å². The van der Waals surface area contributed by atoms with E-state index in [9.17, 15) is 5.11 Å². The average Bonchev–Trinajstić information content (AvgIpc) is 3.05. The molecular weight excluding hydrogens is 352 g/mol. The van der Waals surface area contributed by atoms with Gasteiger partial charge in [-0.25, -0.2) is 0 Å². The minimum absolute atomic E-state index is 0.217. The molecule has 1 aromatic heterocycles. The van der Waals surface area contributed by atoms with Crippen LogP contribution in [0.2, 0.25) is 0 Å². The van der Waals surface area contributed by atoms with Gasteiger partial charge in [0.2, 0.25) is 0 Å². The third-order valence-electron chi connectivity index (χ3n) is 5.56. The third kappa shape index (κ3) is 5.13. The number of nitrogens with zero attached hydrogens (tertiary/aromatic N) is 4. The summed E-state index contributed by atoms with van der Waals surface area (Å²) < 4.78 is 7.81. The molecule has 1 aliphatic rings. The van der Waals surface area contributed by atoms with E-state index in [2.05, 4.69) is 47.1 Å². The van der Waals surface area contributed by atoms with Crippen LogP contribution in [-0.4, -0.2) is 63.6 Å². The molecule has 2 aromatic rings. The number of hydrogen-bond donors (Lipinski definition) is 1. The molecule has 0 spiro atoms. The summed E-state index contributed by atoms with van der Waals surface area (Å²) in [6.45, 7) is 12.8. The van der Waals surface area contributed by atoms with Crippen LogP contribution in [0, 0.1) is 6.92 Å². The maximum Gasteiger partial charge on any atom is 0.123 e. The zero-order chi connectivity index (χ0) is 19.9. The minimum atomic E-state index is 0.217. The summed E-state index contributed by atoms with van der Waals surface area (Å²) in [7, 11) is 0. The summed E-state index contributed by atoms with van der Waals surface area (Å²) in [5, 5.41) is 14.2. The molecule has 1 N–H and O–H groups in total. The second-order valence-electron chi connectivity index (χ2n) is 7.51. The van der Waals surface area contributed by atoms with Crippen molar-refractivity contribution in [2.45, 2.75) is 52.9 Å². The van der Waals surface area contributed by atoms with E-state index in [1.807, 2.05) is 23.7 Å². The fourth-order valence-corrected chi connectivity index (χ4v) is 4.00. The molecule has 6 nitrogen and oxygen atoms in total. The van der Waals surface area contributed by atoms with Crippen molar-refractivity contribution < 1.29 is 9.84 Å². The molecule has 6 heteroatoms. The minimum Gasteiger partial charge on any atom is -0.494 e. The summed E-state index contributed by atoms with van der Waals surface area (Å²) in [6, 6.07) is 8.63. The molecule has 2 heterocycles. The first-order valence-corrected chi connectivity index (χ1v) is 10.5. The number of rotatable bonds is 9. The second-order valence-corrected chi connectivity index (χ2v) is 7.51. The van der Waals surface area contributed by atoms with Gasteiger partial charge in [0.25, 0.3) is 0 Å². The highest BCUT2D eigenvalue weighted by atomic mass is 16.5. The van der Waals surface area contributed by atoms with E-state index in [-0.39, 0.29) is 6.61 Å². The molecule has 1 atom stereocenters. The van der Waals surface area contributed by atoms with Crippen molar-refractivity contribution in [1.82, 2.24) is 19.6 Å². The van der Waals surface area contributed by atoms with Crippen molar-refractivity contribution in [3.8, 4) is 5.75 Å². The largest absolute Gasteiger partial charge is 0.494 e. The molecule has 0 bridgehead atoms. The lowest BCUT2D eigenvalue weighted by molar-refractivity contribution is 0.0493. The monoisotopic (exact) mass is 386 g/mol. The van der Waals surface area contributed by atoms with Crippen molar-refractivity contribution in [1.29, 1.82) is 0 Å². The molecule has 154 valence electrons. The predicted molar refractivity (Wildman–Crippen MR) is 111 cm³/mol. The topological polar surface area (TPSA) is 53.8 Å². The molecule has 0 amide bonds. The van der Waals surface area contributed by atoms with Gasteiger partial charge < -0.3 is 9.84 Å². The van der Waals surface area contributed by atoms with E-state index in [0.717, 1.165) is 57.1 Å². The Morgan fingerprint density at radius 3 is 2.68 bits per heavy atom. The number of piperazine rings is 1. The molecule has 28 heavy (non-hydrogen) atoms. The summed E-state index contributed by atoms with van der Waals surface area (Å²) in [6.07, 6.45) is 2.96. The van der Waals surface area contributed by atoms with Crippen LogP contribution >= 0.6 is 0 Å². The number of aryl methyl sites for hydroxylation is 2. The quantitative estimate of drug-likeness (QED) is 0.718. The molecule has 1 saturated heterocycles. The van der Waals surface area contributed by atoms with Crippen molar-refractivity contribution in [3.05, 3.63) is 47.3 Å². The molecule has 1 aromatic carbocycles. The summed E-state index contributed by atoms with van der Waals surface area (Å²) in [5.74, 6) is 0.970. The van der Waals surface area contributed by atoms with Crippen molar-refractivity contribution >= 4 is 0 Å². The van der Waals surface area contributed by atoms with Gasteiger partial charge in [-0.05, 0) is 33.3 Å². The normalized spacial score (nSPS) is 18.5. The molecule has 1 aliphatic heterocycles. The van der Waals surface area contributed by atoms with E-state index in [1.54, 1.807) is 0 Å². The SMILES string of the molecule is CCOc1ccccc1CN1CCN(Cc2cn(CC)nc2C)C[C@H]1CCO. The molecule has 0 unspecified atom stereocenters. The van der Waals surface area contributed by atoms with Crippen LogP contribution in [-0.2, 0) is 19.6 Å². The number of aromatic nitrogens is 2. The lowest BCUT2D eigenvalue weighted by Crippen LogP contribution is -2.52. The van der Waals surface area contributed by atoms with Crippen LogP contribution < -0.4 is 4.74 Å². The van der Waals surface area contributed by atoms with Gasteiger partial charge in [-0.15, -0.1) is 0 Å². The first-order valence-electron chi connectivity index (χ1n) is 10.5. The highest BCUT2D eigenvalue weighted by Gasteiger charge is 2.27. The van der Waals surface area contributed by atoms with E-state index in [4.69, 9.17) is 4.74 Å². The lowest BCUT2D eigenvalue weighted by Gasteiger charge is -2.41. The van der Waals surface area contributed by atoms with Crippen LogP contribution in [0.25, 0.3) is 0 Å². The fraction of sp³-hybridized carbons (Fsp3) is 0.591. The fourth-order valence-electron chi connectivity index (χ4n) is 4.00. The predicted octanol–water partition coefficient (Wildman–Crippen LogP) is 2.68. The Morgan fingerprint density at radius 2 is 1.96 bits per heavy atom. The highest BCUT2D eigenvalue weighted by molar-refractivity contribution is 5.33. The zero-order valence-corrected chi connectivity index (χ0v) is 17.5. The molecule has 0 aliphatic carbocycles. The van der Waals surface area contributed by atoms with Gasteiger partial charge in [-0.2, -0.15) is 5.10 Å². The van der Waals surface area contributed by atoms with Crippen LogP contribution in [0.3, 0.4) is 0 Å². The average molecular weight is 387 g/mol. The number of benzene rings is 1. The first kappa shape index (κ1) is 20.8. The van der Waals surface area contributed by atoms with Crippen molar-refractivity contribution in [3.63, 3.8) is 0 Å². The van der Waals surface area contributed by atoms with Crippen LogP contribution in [0.1, 0.15) is 37.1 Å². The van der Waals surface area contributed by atoms with E-state index in [0.29, 0.717) is 12.6 Å². The smallest absolute Gasteiger partial charge is 0.123 e. The Kier molecular flexibility index (Phi) is 7.48. The maximum atomic E-state index is 9.61. The first-order chi connectivity index (χ1) is 13.6. The van der Waals surface area contributed by atoms with E-state index in [1.165, 1.54) is 11.1 Å². The number of hydrogen-bond acceptors (Lipinski definition) is 5. The Balaban J connectivity index is 1.66. The molecule has 0 saturated carbocycles. The van der Waals surface area contributed by atoms with Crippen LogP contribution in [0.15, 0.2) is 30.5 Å². The number of para-hydroxylation sites is 1. The number of ether oxygens (including phenoxy) is 1. The number of aliphatic hydroxyl groups is 1. The maximum absolute atomic E-state index is 9.61. The van der Waals surface area contributed by atoms with Crippen molar-refractivity contribution in [2.24, 2.45) is 0 Å². The Bertz CT molecular complexity index is 746. The van der Waals surface area contributed by atoms with Gasteiger partial charge in [-0.1, -0.05) is 18.2 Å². The summed E-state index contributed by atoms with van der Waals surface area (Å²) >= 11 is 0. The van der Waals surface area contributed by atoms with Gasteiger partial charge in [0.05, 0.1) is 12.3 Å². The second kappa shape index (κ2) is 10.0. The van der Waals surface area contributed by atoms with E-state index >= 15 is 0 Å². The molecular formula is C22H34N4O2. The third-order valence-corrected chi connectivity index (χ3v) is 5.56. The molecule has 1 fully saturated rings. The summed E-state index contributed by atoms with van der Waals surface area (Å²) in [4.78, 5) is 4.99. The Morgan fingerprint density at radius 1 is 1.14 bits per heavy atom. The standard InChI is InChI=1S/C22H34N4O2/c1-4-26-16-20(18(3)23-26)14-24-11-12-25(21(17-24)10-13-27)15-19-8-6-7-9-22(19)28-5-2/h6-9,16,21,27H,4-5,10-15,17H2,1-3H3/t21-/m1/s1. The summed E-state index contributed by atoms with van der Waals surface area (Å²) in [5.41, 5.74) is 3.65. The number of aliphatic hydroxyl groups excluding tert-OH is 1.